The Bertz CT molecular complexity index is 139. The fraction of sp³-hybridized carbons (Fsp3) is 1.00. The number of nitrogens with zero attached hydrogens (tertiary/aromatic N) is 1. The summed E-state index contributed by atoms with van der Waals surface area (Å²) in [6.45, 7) is -0.0567. The largest absolute Gasteiger partial charge is 0.286 e. The standard InChI is InChI=1S/C2H7N2O3S/c3-4-1-2-8(5,6)7/h1-3H2,(H,5,6,7). The van der Waals surface area contributed by atoms with Gasteiger partial charge in [-0.2, -0.15) is 13.8 Å². The maximum atomic E-state index is 9.83. The molecule has 0 aliphatic carbocycles. The fourth-order valence-corrected chi connectivity index (χ4v) is 0.504. The third kappa shape index (κ3) is 5.83. The van der Waals surface area contributed by atoms with Crippen LogP contribution in [0, 0.1) is 0 Å². The van der Waals surface area contributed by atoms with E-state index in [-0.39, 0.29) is 6.54 Å². The summed E-state index contributed by atoms with van der Waals surface area (Å²) >= 11 is 0. The predicted octanol–water partition coefficient (Wildman–Crippen LogP) is -1.65. The van der Waals surface area contributed by atoms with E-state index in [1.54, 1.807) is 0 Å². The summed E-state index contributed by atoms with van der Waals surface area (Å²) in [7, 11) is -3.86. The van der Waals surface area contributed by atoms with Crippen LogP contribution in [0.25, 0.3) is 0 Å². The van der Waals surface area contributed by atoms with E-state index in [0.29, 0.717) is 0 Å². The Morgan fingerprint density at radius 3 is 2.25 bits per heavy atom. The quantitative estimate of drug-likeness (QED) is 0.278. The Balaban J connectivity index is 3.42. The van der Waals surface area contributed by atoms with Gasteiger partial charge in [0.1, 0.15) is 0 Å². The monoisotopic (exact) mass is 139 g/mol. The Labute approximate surface area is 47.6 Å². The van der Waals surface area contributed by atoms with E-state index in [4.69, 9.17) is 4.55 Å². The van der Waals surface area contributed by atoms with Crippen molar-refractivity contribution < 1.29 is 13.0 Å². The zero-order valence-corrected chi connectivity index (χ0v) is 4.93. The molecule has 1 radical (unpaired) electrons. The summed E-state index contributed by atoms with van der Waals surface area (Å²) in [5.74, 6) is 4.19. The molecule has 8 heavy (non-hydrogen) atoms. The molecule has 6 heteroatoms. The summed E-state index contributed by atoms with van der Waals surface area (Å²) in [6, 6.07) is 0. The number of hydrogen-bond acceptors (Lipinski definition) is 3. The van der Waals surface area contributed by atoms with Crippen LogP contribution < -0.4 is 11.3 Å². The minimum Gasteiger partial charge on any atom is -0.286 e. The van der Waals surface area contributed by atoms with E-state index < -0.39 is 15.9 Å². The van der Waals surface area contributed by atoms with Gasteiger partial charge < -0.3 is 0 Å². The maximum Gasteiger partial charge on any atom is 0.266 e. The highest BCUT2D eigenvalue weighted by Gasteiger charge is 2.01. The molecule has 0 atom stereocenters. The topological polar surface area (TPSA) is 94.5 Å². The summed E-state index contributed by atoms with van der Waals surface area (Å²) in [6.07, 6.45) is 0. The fourth-order valence-electron chi connectivity index (χ4n) is 0.168. The zero-order chi connectivity index (χ0) is 6.62. The molecule has 0 amide bonds. The average molecular weight is 139 g/mol. The molecule has 0 aliphatic rings. The van der Waals surface area contributed by atoms with E-state index in [1.807, 2.05) is 0 Å². The molecule has 0 aliphatic heterocycles. The van der Waals surface area contributed by atoms with Crippen molar-refractivity contribution in [3.8, 4) is 0 Å². The second kappa shape index (κ2) is 2.98. The van der Waals surface area contributed by atoms with Crippen LogP contribution in [0.4, 0.5) is 0 Å². The van der Waals surface area contributed by atoms with Crippen molar-refractivity contribution in [3.63, 3.8) is 0 Å². The van der Waals surface area contributed by atoms with Crippen LogP contribution in [0.2, 0.25) is 0 Å². The molecule has 0 heterocycles. The third-order valence-corrected chi connectivity index (χ3v) is 1.18. The number of nitrogens with two attached hydrogens (primary N) is 1. The highest BCUT2D eigenvalue weighted by atomic mass is 32.2. The first-order valence-corrected chi connectivity index (χ1v) is 3.49. The Morgan fingerprint density at radius 1 is 1.62 bits per heavy atom. The SMILES string of the molecule is N[N]CCS(=O)(=O)O. The average Bonchev–Trinajstić information content (AvgIpc) is 1.59. The molecule has 0 saturated carbocycles. The van der Waals surface area contributed by atoms with Crippen molar-refractivity contribution in [3.05, 3.63) is 0 Å². The van der Waals surface area contributed by atoms with Crippen molar-refractivity contribution in [2.24, 2.45) is 5.84 Å². The van der Waals surface area contributed by atoms with Gasteiger partial charge in [0.15, 0.2) is 0 Å². The number of hydrogen-bond donors (Lipinski definition) is 2. The number of rotatable bonds is 3. The molecular weight excluding hydrogens is 132 g/mol. The van der Waals surface area contributed by atoms with Crippen molar-refractivity contribution in [1.82, 2.24) is 5.43 Å². The summed E-state index contributed by atoms with van der Waals surface area (Å²) in [4.78, 5) is 0. The van der Waals surface area contributed by atoms with Gasteiger partial charge >= 0.3 is 0 Å². The Morgan fingerprint density at radius 2 is 2.12 bits per heavy atom. The highest BCUT2D eigenvalue weighted by molar-refractivity contribution is 7.85. The molecule has 0 rings (SSSR count). The molecule has 49 valence electrons. The molecule has 0 unspecified atom stereocenters. The minimum atomic E-state index is -3.86. The molecule has 0 spiro atoms. The Kier molecular flexibility index (Phi) is 2.91. The zero-order valence-electron chi connectivity index (χ0n) is 4.11. The second-order valence-corrected chi connectivity index (χ2v) is 2.76. The van der Waals surface area contributed by atoms with Gasteiger partial charge in [-0.1, -0.05) is 0 Å². The van der Waals surface area contributed by atoms with Crippen LogP contribution >= 0.6 is 0 Å². The lowest BCUT2D eigenvalue weighted by atomic mass is 10.8. The van der Waals surface area contributed by atoms with Gasteiger partial charge in [0.25, 0.3) is 10.1 Å². The van der Waals surface area contributed by atoms with Gasteiger partial charge in [-0.15, -0.1) is 0 Å². The lowest BCUT2D eigenvalue weighted by molar-refractivity contribution is 0.480. The van der Waals surface area contributed by atoms with E-state index in [9.17, 15) is 8.42 Å². The first-order valence-electron chi connectivity index (χ1n) is 1.88. The molecule has 3 N–H and O–H groups in total. The first kappa shape index (κ1) is 7.83. The van der Waals surface area contributed by atoms with E-state index in [1.165, 1.54) is 0 Å². The van der Waals surface area contributed by atoms with Crippen molar-refractivity contribution >= 4 is 10.1 Å². The van der Waals surface area contributed by atoms with E-state index in [2.05, 4.69) is 11.3 Å². The first-order chi connectivity index (χ1) is 3.56. The molecule has 0 bridgehead atoms. The highest BCUT2D eigenvalue weighted by Crippen LogP contribution is 1.76. The van der Waals surface area contributed by atoms with Gasteiger partial charge in [-0.25, -0.2) is 0 Å². The van der Waals surface area contributed by atoms with Crippen LogP contribution in [0.15, 0.2) is 0 Å². The second-order valence-electron chi connectivity index (χ2n) is 1.19. The summed E-state index contributed by atoms with van der Waals surface area (Å²) < 4.78 is 27.7. The van der Waals surface area contributed by atoms with E-state index in [0.717, 1.165) is 0 Å². The minimum absolute atomic E-state index is 0.0567. The van der Waals surface area contributed by atoms with Crippen LogP contribution in [0.1, 0.15) is 0 Å². The van der Waals surface area contributed by atoms with Crippen molar-refractivity contribution in [2.45, 2.75) is 0 Å². The molecule has 0 aromatic carbocycles. The molecular formula is C2H7N2O3S. The van der Waals surface area contributed by atoms with Crippen LogP contribution in [0.3, 0.4) is 0 Å². The van der Waals surface area contributed by atoms with Crippen molar-refractivity contribution in [2.75, 3.05) is 12.3 Å². The normalized spacial score (nSPS) is 11.8. The molecule has 0 fully saturated rings. The molecule has 0 aromatic rings. The smallest absolute Gasteiger partial charge is 0.266 e. The van der Waals surface area contributed by atoms with Gasteiger partial charge in [0.05, 0.1) is 5.75 Å². The molecule has 5 nitrogen and oxygen atoms in total. The maximum absolute atomic E-state index is 9.83. The van der Waals surface area contributed by atoms with Gasteiger partial charge in [-0.3, -0.25) is 10.4 Å². The van der Waals surface area contributed by atoms with Crippen molar-refractivity contribution in [1.29, 1.82) is 0 Å². The molecule has 0 aromatic heterocycles. The predicted molar refractivity (Wildman–Crippen MR) is 27.6 cm³/mol. The van der Waals surface area contributed by atoms with Crippen LogP contribution in [-0.2, 0) is 10.1 Å². The summed E-state index contributed by atoms with van der Waals surface area (Å²) in [5.41, 5.74) is 2.98. The lowest BCUT2D eigenvalue weighted by Gasteiger charge is -1.90. The van der Waals surface area contributed by atoms with Crippen LogP contribution in [-0.4, -0.2) is 25.3 Å². The van der Waals surface area contributed by atoms with E-state index >= 15 is 0 Å². The lowest BCUT2D eigenvalue weighted by Crippen LogP contribution is -2.21. The van der Waals surface area contributed by atoms with Gasteiger partial charge in [0.2, 0.25) is 0 Å². The Hall–Kier alpha value is -0.170. The third-order valence-electron chi connectivity index (χ3n) is 0.478. The van der Waals surface area contributed by atoms with Gasteiger partial charge in [0, 0.05) is 6.54 Å². The van der Waals surface area contributed by atoms with Gasteiger partial charge in [-0.05, 0) is 0 Å². The summed E-state index contributed by atoms with van der Waals surface area (Å²) in [5, 5.41) is 0. The van der Waals surface area contributed by atoms with Crippen LogP contribution in [0.5, 0.6) is 0 Å². The molecule has 0 saturated heterocycles.